The van der Waals surface area contributed by atoms with Crippen LogP contribution in [0.4, 0.5) is 4.39 Å². The number of halogens is 1. The molecule has 1 saturated carbocycles. The number of aromatic amines is 1. The number of benzene rings is 2. The van der Waals surface area contributed by atoms with Gasteiger partial charge >= 0.3 is 11.4 Å². The van der Waals surface area contributed by atoms with Gasteiger partial charge in [-0.3, -0.25) is 33.1 Å². The van der Waals surface area contributed by atoms with Gasteiger partial charge in [0.15, 0.2) is 5.82 Å². The summed E-state index contributed by atoms with van der Waals surface area (Å²) in [7, 11) is 1.93. The molecule has 0 spiro atoms. The van der Waals surface area contributed by atoms with Gasteiger partial charge in [0, 0.05) is 73.5 Å². The molecule has 2 aromatic carbocycles. The monoisotopic (exact) mass is 838 g/mol. The smallest absolute Gasteiger partial charge is 0.381 e. The lowest BCUT2D eigenvalue weighted by Crippen LogP contribution is -2.43. The molecule has 5 atom stereocenters. The minimum atomic E-state index is -0.811. The first-order chi connectivity index (χ1) is 29.9. The number of likely N-dealkylation sites (N-methyl/N-ethyl adjacent to an activating group) is 1. The highest BCUT2D eigenvalue weighted by Gasteiger charge is 2.59. The Morgan fingerprint density at radius 2 is 1.76 bits per heavy atom. The average Bonchev–Trinajstić information content (AvgIpc) is 3.90. The summed E-state index contributed by atoms with van der Waals surface area (Å²) in [4.78, 5) is 47.2. The van der Waals surface area contributed by atoms with Crippen molar-refractivity contribution >= 4 is 28.7 Å². The van der Waals surface area contributed by atoms with E-state index in [4.69, 9.17) is 14.4 Å². The van der Waals surface area contributed by atoms with Crippen LogP contribution in [0.3, 0.4) is 0 Å². The fraction of sp³-hybridized carbons (Fsp3) is 0.391. The number of ether oxygens (including phenoxy) is 1. The van der Waals surface area contributed by atoms with Gasteiger partial charge in [0.05, 0.1) is 24.3 Å². The van der Waals surface area contributed by atoms with Gasteiger partial charge in [0.2, 0.25) is 0 Å². The maximum absolute atomic E-state index is 15.5. The van der Waals surface area contributed by atoms with Crippen LogP contribution in [0.5, 0.6) is 0 Å². The molecule has 62 heavy (non-hydrogen) atoms. The van der Waals surface area contributed by atoms with Gasteiger partial charge < -0.3 is 14.2 Å². The molecule has 16 heteroatoms. The molecule has 0 radical (unpaired) electrons. The fourth-order valence-corrected chi connectivity index (χ4v) is 10.6. The molecule has 11 rings (SSSR count). The predicted octanol–water partition coefficient (Wildman–Crippen LogP) is 6.11. The normalized spacial score (nSPS) is 24.5. The van der Waals surface area contributed by atoms with Crippen molar-refractivity contribution in [3.8, 4) is 16.9 Å². The Morgan fingerprint density at radius 1 is 1.00 bits per heavy atom. The van der Waals surface area contributed by atoms with E-state index in [1.165, 1.54) is 5.56 Å². The van der Waals surface area contributed by atoms with Crippen molar-refractivity contribution in [2.45, 2.75) is 77.0 Å². The second kappa shape index (κ2) is 14.0. The molecule has 2 fully saturated rings. The predicted molar refractivity (Wildman–Crippen MR) is 230 cm³/mol. The number of hydrogen-bond donors (Lipinski definition) is 1. The van der Waals surface area contributed by atoms with Crippen molar-refractivity contribution < 1.29 is 18.4 Å². The van der Waals surface area contributed by atoms with E-state index in [9.17, 15) is 9.59 Å². The highest BCUT2D eigenvalue weighted by atomic mass is 19.1. The molecule has 2 unspecified atom stereocenters. The molecule has 7 heterocycles. The summed E-state index contributed by atoms with van der Waals surface area (Å²) in [5.41, 5.74) is 5.44. The van der Waals surface area contributed by atoms with E-state index in [2.05, 4.69) is 51.0 Å². The summed E-state index contributed by atoms with van der Waals surface area (Å²) in [5.74, 6) is -0.372. The summed E-state index contributed by atoms with van der Waals surface area (Å²) in [6, 6.07) is 11.4. The zero-order chi connectivity index (χ0) is 42.8. The van der Waals surface area contributed by atoms with Gasteiger partial charge in [-0.2, -0.15) is 10.2 Å². The minimum absolute atomic E-state index is 0.0193. The molecule has 2 aliphatic carbocycles. The van der Waals surface area contributed by atoms with E-state index in [0.29, 0.717) is 83.9 Å². The number of aryl methyl sites for hydroxylation is 2. The first kappa shape index (κ1) is 38.4. The van der Waals surface area contributed by atoms with Crippen LogP contribution in [0, 0.1) is 31.5 Å². The number of amides is 1. The van der Waals surface area contributed by atoms with Crippen molar-refractivity contribution in [1.29, 1.82) is 0 Å². The number of fused-ring (bicyclic) bond motifs is 3. The van der Waals surface area contributed by atoms with Crippen molar-refractivity contribution in [3.63, 3.8) is 0 Å². The molecule has 0 bridgehead atoms. The Bertz CT molecular complexity index is 3020. The van der Waals surface area contributed by atoms with Crippen molar-refractivity contribution in [2.24, 2.45) is 16.9 Å². The molecule has 318 valence electrons. The number of hydrazone groups is 1. The maximum Gasteiger partial charge on any atom is 0.438 e. The number of allylic oxidation sites excluding steroid dienone is 2. The van der Waals surface area contributed by atoms with Crippen molar-refractivity contribution in [1.82, 2.24) is 43.5 Å². The third-order valence-electron chi connectivity index (χ3n) is 14.0. The molecule has 4 aromatic heterocycles. The van der Waals surface area contributed by atoms with Gasteiger partial charge in [-0.25, -0.2) is 14.0 Å². The second-order valence-electron chi connectivity index (χ2n) is 17.6. The Morgan fingerprint density at radius 3 is 2.48 bits per heavy atom. The third-order valence-corrected chi connectivity index (χ3v) is 14.0. The first-order valence-electron chi connectivity index (χ1n) is 21.4. The molecule has 3 aliphatic heterocycles. The van der Waals surface area contributed by atoms with Gasteiger partial charge in [0.25, 0.3) is 5.91 Å². The molecule has 6 aromatic rings. The maximum atomic E-state index is 15.5. The molecule has 5 aliphatic rings. The van der Waals surface area contributed by atoms with E-state index in [1.54, 1.807) is 47.5 Å². The fourth-order valence-electron chi connectivity index (χ4n) is 10.6. The highest BCUT2D eigenvalue weighted by Crippen LogP contribution is 2.56. The number of carbonyl (C=O) groups excluding carboxylic acids is 1. The number of nitrogens with one attached hydrogen (secondary N) is 1. The lowest BCUT2D eigenvalue weighted by Gasteiger charge is -2.35. The van der Waals surface area contributed by atoms with Crippen molar-refractivity contribution in [3.05, 3.63) is 128 Å². The van der Waals surface area contributed by atoms with Crippen LogP contribution in [0.25, 0.3) is 33.5 Å². The number of H-pyrrole nitrogens is 1. The lowest BCUT2D eigenvalue weighted by molar-refractivity contribution is 0.0623. The van der Waals surface area contributed by atoms with Crippen LogP contribution in [-0.4, -0.2) is 88.5 Å². The number of imidazole rings is 1. The summed E-state index contributed by atoms with van der Waals surface area (Å²) in [6.07, 6.45) is 13.9. The number of hydrogen-bond acceptors (Lipinski definition) is 9. The number of rotatable bonds is 7. The van der Waals surface area contributed by atoms with E-state index < -0.39 is 17.3 Å². The Labute approximate surface area is 355 Å². The number of aromatic nitrogens is 7. The average molecular weight is 839 g/mol. The van der Waals surface area contributed by atoms with E-state index >= 15 is 9.18 Å². The molecule has 1 N–H and O–H groups in total. The standard InChI is InChI=1S/C46H47FN10O5/c1-25-18-32(19-26(2)38(25)47)39-41(55-13-12-54(45(55)60)34-7-9-35-33(21-34)24-48-52(35)5)40-28(4)53(14-15-56(40)50-39)42(58)37-22-31-20-30(29-10-16-61-17-11-29)6-8-36(31)57(37)46(23-27(46)3)43-49-44(59)62-51-43/h6-9,12-13,18-22,24,27-29,33,35H,10-11,14-17,23H2,1-5H3,(H,49,51,59)/t27-,28-,33?,35?,46-/m0/s1. The topological polar surface area (TPSA) is 154 Å². The van der Waals surface area contributed by atoms with Crippen LogP contribution in [-0.2, 0) is 16.8 Å². The molecular formula is C46H47FN10O5. The minimum Gasteiger partial charge on any atom is -0.381 e. The van der Waals surface area contributed by atoms with Crippen LogP contribution in [0.1, 0.15) is 83.8 Å². The van der Waals surface area contributed by atoms with E-state index in [-0.39, 0.29) is 35.3 Å². The molecule has 1 saturated heterocycles. The first-order valence-corrected chi connectivity index (χ1v) is 21.4. The van der Waals surface area contributed by atoms with Crippen LogP contribution in [0.15, 0.2) is 86.2 Å². The summed E-state index contributed by atoms with van der Waals surface area (Å²) >= 11 is 0. The van der Waals surface area contributed by atoms with Gasteiger partial charge in [-0.1, -0.05) is 24.2 Å². The largest absolute Gasteiger partial charge is 0.438 e. The highest BCUT2D eigenvalue weighted by molar-refractivity contribution is 6.00. The molecular weight excluding hydrogens is 792 g/mol. The number of carbonyl (C=O) groups is 1. The Kier molecular flexibility index (Phi) is 8.66. The van der Waals surface area contributed by atoms with E-state index in [0.717, 1.165) is 29.4 Å². The second-order valence-corrected chi connectivity index (χ2v) is 17.6. The van der Waals surface area contributed by atoms with Gasteiger partial charge in [-0.05, 0) is 111 Å². The Balaban J connectivity index is 1.04. The summed E-state index contributed by atoms with van der Waals surface area (Å²) < 4.78 is 33.0. The molecule has 1 amide bonds. The quantitative estimate of drug-likeness (QED) is 0.202. The summed E-state index contributed by atoms with van der Waals surface area (Å²) in [6.45, 7) is 9.59. The molecule has 15 nitrogen and oxygen atoms in total. The van der Waals surface area contributed by atoms with Crippen molar-refractivity contribution in [2.75, 3.05) is 26.8 Å². The van der Waals surface area contributed by atoms with Crippen LogP contribution >= 0.6 is 0 Å². The SMILES string of the molecule is Cc1cc(-c2nn3c(c2-n2ccn(C4=CC5C=NN(C)C5C=C4)c2=O)[C@H](C)N(C(=O)c2cc4cc(C5CCOCC5)ccc4n2[C@@]2(c4noc(=O)[nH]4)C[C@@H]2C)CC3)cc(C)c1F. The van der Waals surface area contributed by atoms with E-state index in [1.807, 2.05) is 53.0 Å². The Hall–Kier alpha value is -6.55. The van der Waals surface area contributed by atoms with Gasteiger partial charge in [0.1, 0.15) is 28.4 Å². The third kappa shape index (κ3) is 5.71. The zero-order valence-electron chi connectivity index (χ0n) is 35.2. The zero-order valence-corrected chi connectivity index (χ0v) is 35.2. The van der Waals surface area contributed by atoms with Gasteiger partial charge in [-0.15, -0.1) is 0 Å². The van der Waals surface area contributed by atoms with Crippen LogP contribution < -0.4 is 11.4 Å². The lowest BCUT2D eigenvalue weighted by atomic mass is 9.91. The summed E-state index contributed by atoms with van der Waals surface area (Å²) in [5, 5.41) is 16.6. The number of nitrogens with zero attached hydrogens (tertiary/aromatic N) is 9. The van der Waals surface area contributed by atoms with Crippen LogP contribution in [0.2, 0.25) is 0 Å².